The number of benzene rings is 3. The number of urea groups is 1. The topological polar surface area (TPSA) is 118 Å². The van der Waals surface area contributed by atoms with Crippen LogP contribution in [0.25, 0.3) is 0 Å². The number of nitrogens with one attached hydrogen (secondary N) is 4. The highest BCUT2D eigenvalue weighted by Crippen LogP contribution is 2.17. The molecule has 9 heteroatoms. The van der Waals surface area contributed by atoms with E-state index in [2.05, 4.69) is 21.3 Å². The lowest BCUT2D eigenvalue weighted by molar-refractivity contribution is -0.118. The molecule has 9 nitrogen and oxygen atoms in total. The van der Waals surface area contributed by atoms with Gasteiger partial charge in [0.2, 0.25) is 5.91 Å². The number of ether oxygens (including phenoxy) is 2. The van der Waals surface area contributed by atoms with Gasteiger partial charge in [-0.3, -0.25) is 4.79 Å². The SMILES string of the molecule is Cc1ccc(NC(=O)C(CCCCNC(=O)OC(C)(C)C)NC(=O)Nc2ccc(OCc3ccccc3)cc2)cc1. The first-order valence-electron chi connectivity index (χ1n) is 13.8. The van der Waals surface area contributed by atoms with Crippen molar-refractivity contribution < 1.29 is 23.9 Å². The minimum absolute atomic E-state index is 0.325. The zero-order chi connectivity index (χ0) is 29.7. The van der Waals surface area contributed by atoms with E-state index in [4.69, 9.17) is 9.47 Å². The van der Waals surface area contributed by atoms with E-state index in [1.165, 1.54) is 0 Å². The molecule has 0 aliphatic heterocycles. The first-order valence-corrected chi connectivity index (χ1v) is 13.8. The maximum absolute atomic E-state index is 13.1. The van der Waals surface area contributed by atoms with Crippen LogP contribution in [0.15, 0.2) is 78.9 Å². The van der Waals surface area contributed by atoms with E-state index in [9.17, 15) is 14.4 Å². The maximum atomic E-state index is 13.1. The monoisotopic (exact) mass is 560 g/mol. The molecule has 0 saturated heterocycles. The third-order valence-corrected chi connectivity index (χ3v) is 5.89. The first-order chi connectivity index (χ1) is 19.6. The summed E-state index contributed by atoms with van der Waals surface area (Å²) < 4.78 is 11.0. The molecule has 0 spiro atoms. The highest BCUT2D eigenvalue weighted by atomic mass is 16.6. The third kappa shape index (κ3) is 12.0. The molecular weight excluding hydrogens is 520 g/mol. The molecule has 0 heterocycles. The van der Waals surface area contributed by atoms with Crippen LogP contribution in [0.2, 0.25) is 0 Å². The summed E-state index contributed by atoms with van der Waals surface area (Å²) in [4.78, 5) is 37.8. The Morgan fingerprint density at radius 3 is 2.10 bits per heavy atom. The Morgan fingerprint density at radius 1 is 0.805 bits per heavy atom. The van der Waals surface area contributed by atoms with Gasteiger partial charge in [-0.2, -0.15) is 0 Å². The van der Waals surface area contributed by atoms with E-state index < -0.39 is 23.8 Å². The number of amides is 4. The van der Waals surface area contributed by atoms with Gasteiger partial charge >= 0.3 is 12.1 Å². The summed E-state index contributed by atoms with van der Waals surface area (Å²) in [6.07, 6.45) is 1.10. The Hall–Kier alpha value is -4.53. The third-order valence-electron chi connectivity index (χ3n) is 5.89. The number of alkyl carbamates (subject to hydrolysis) is 1. The summed E-state index contributed by atoms with van der Waals surface area (Å²) in [5, 5.41) is 11.1. The lowest BCUT2D eigenvalue weighted by atomic mass is 10.1. The molecule has 0 radical (unpaired) electrons. The van der Waals surface area contributed by atoms with Crippen molar-refractivity contribution in [2.24, 2.45) is 0 Å². The number of anilines is 2. The second-order valence-electron chi connectivity index (χ2n) is 10.7. The van der Waals surface area contributed by atoms with Crippen LogP contribution in [0.1, 0.15) is 51.2 Å². The van der Waals surface area contributed by atoms with Crippen molar-refractivity contribution in [2.75, 3.05) is 17.2 Å². The van der Waals surface area contributed by atoms with E-state index in [1.54, 1.807) is 45.0 Å². The van der Waals surface area contributed by atoms with Gasteiger partial charge in [0, 0.05) is 17.9 Å². The molecule has 0 aromatic heterocycles. The Bertz CT molecular complexity index is 1260. The van der Waals surface area contributed by atoms with Crippen molar-refractivity contribution >= 4 is 29.4 Å². The van der Waals surface area contributed by atoms with Gasteiger partial charge in [-0.05, 0) is 88.9 Å². The van der Waals surface area contributed by atoms with Gasteiger partial charge in [0.15, 0.2) is 0 Å². The fraction of sp³-hybridized carbons (Fsp3) is 0.344. The smallest absolute Gasteiger partial charge is 0.407 e. The van der Waals surface area contributed by atoms with Crippen LogP contribution in [-0.2, 0) is 16.1 Å². The second kappa shape index (κ2) is 15.3. The van der Waals surface area contributed by atoms with Crippen LogP contribution < -0.4 is 26.0 Å². The van der Waals surface area contributed by atoms with Gasteiger partial charge in [0.25, 0.3) is 0 Å². The average Bonchev–Trinajstić information content (AvgIpc) is 2.92. The molecule has 0 fully saturated rings. The van der Waals surface area contributed by atoms with E-state index in [0.717, 1.165) is 11.1 Å². The predicted octanol–water partition coefficient (Wildman–Crippen LogP) is 6.40. The standard InChI is InChI=1S/C32H40N4O5/c1-23-13-15-25(16-14-23)34-29(37)28(12-8-9-21-33-31(39)41-32(2,3)4)36-30(38)35-26-17-19-27(20-18-26)40-22-24-10-6-5-7-11-24/h5-7,10-11,13-20,28H,8-9,12,21-22H2,1-4H3,(H,33,39)(H,34,37)(H2,35,36,38). The summed E-state index contributed by atoms with van der Waals surface area (Å²) in [7, 11) is 0. The molecule has 0 aliphatic rings. The molecule has 3 rings (SSSR count). The lowest BCUT2D eigenvalue weighted by Crippen LogP contribution is -2.45. The van der Waals surface area contributed by atoms with Crippen molar-refractivity contribution in [2.45, 2.75) is 65.2 Å². The van der Waals surface area contributed by atoms with Crippen molar-refractivity contribution in [3.63, 3.8) is 0 Å². The molecule has 1 atom stereocenters. The Labute approximate surface area is 242 Å². The Kier molecular flexibility index (Phi) is 11.6. The molecule has 0 saturated carbocycles. The number of hydrogen-bond donors (Lipinski definition) is 4. The number of carbonyl (C=O) groups excluding carboxylic acids is 3. The van der Waals surface area contributed by atoms with Crippen LogP contribution in [0.4, 0.5) is 21.0 Å². The number of unbranched alkanes of at least 4 members (excludes halogenated alkanes) is 1. The Balaban J connectivity index is 1.52. The molecule has 41 heavy (non-hydrogen) atoms. The van der Waals surface area contributed by atoms with E-state index in [1.807, 2.05) is 61.5 Å². The van der Waals surface area contributed by atoms with Gasteiger partial charge in [0.05, 0.1) is 0 Å². The summed E-state index contributed by atoms with van der Waals surface area (Å²) in [6.45, 7) is 8.21. The second-order valence-corrected chi connectivity index (χ2v) is 10.7. The fourth-order valence-corrected chi connectivity index (χ4v) is 3.81. The highest BCUT2D eigenvalue weighted by molar-refractivity contribution is 5.99. The molecule has 0 bridgehead atoms. The van der Waals surface area contributed by atoms with Crippen molar-refractivity contribution in [3.8, 4) is 5.75 Å². The minimum Gasteiger partial charge on any atom is -0.489 e. The maximum Gasteiger partial charge on any atom is 0.407 e. The quantitative estimate of drug-likeness (QED) is 0.191. The minimum atomic E-state index is -0.786. The van der Waals surface area contributed by atoms with Gasteiger partial charge in [-0.1, -0.05) is 48.0 Å². The van der Waals surface area contributed by atoms with Crippen LogP contribution in [0.3, 0.4) is 0 Å². The first kappa shape index (κ1) is 31.0. The lowest BCUT2D eigenvalue weighted by Gasteiger charge is -2.20. The molecule has 218 valence electrons. The van der Waals surface area contributed by atoms with E-state index in [-0.39, 0.29) is 5.91 Å². The summed E-state index contributed by atoms with van der Waals surface area (Å²) in [5.74, 6) is 0.351. The molecule has 3 aromatic rings. The van der Waals surface area contributed by atoms with Crippen LogP contribution in [0.5, 0.6) is 5.75 Å². The number of rotatable bonds is 12. The molecule has 0 aliphatic carbocycles. The number of carbonyl (C=O) groups is 3. The Morgan fingerprint density at radius 2 is 1.44 bits per heavy atom. The van der Waals surface area contributed by atoms with E-state index >= 15 is 0 Å². The summed E-state index contributed by atoms with van der Waals surface area (Å²) >= 11 is 0. The zero-order valence-electron chi connectivity index (χ0n) is 24.2. The average molecular weight is 561 g/mol. The van der Waals surface area contributed by atoms with Crippen LogP contribution in [-0.4, -0.2) is 36.2 Å². The normalized spacial score (nSPS) is 11.6. The number of aryl methyl sites for hydroxylation is 1. The zero-order valence-corrected chi connectivity index (χ0v) is 24.2. The molecular formula is C32H40N4O5. The molecule has 1 unspecified atom stereocenters. The molecule has 4 N–H and O–H groups in total. The van der Waals surface area contributed by atoms with E-state index in [0.29, 0.717) is 49.5 Å². The largest absolute Gasteiger partial charge is 0.489 e. The van der Waals surface area contributed by atoms with Crippen LogP contribution in [0, 0.1) is 6.92 Å². The fourth-order valence-electron chi connectivity index (χ4n) is 3.81. The summed E-state index contributed by atoms with van der Waals surface area (Å²) in [5.41, 5.74) is 2.77. The van der Waals surface area contributed by atoms with Gasteiger partial charge < -0.3 is 30.7 Å². The number of hydrogen-bond acceptors (Lipinski definition) is 5. The van der Waals surface area contributed by atoms with Crippen molar-refractivity contribution in [1.82, 2.24) is 10.6 Å². The van der Waals surface area contributed by atoms with Gasteiger partial charge in [-0.15, -0.1) is 0 Å². The predicted molar refractivity (Wildman–Crippen MR) is 161 cm³/mol. The van der Waals surface area contributed by atoms with Gasteiger partial charge in [-0.25, -0.2) is 9.59 Å². The molecule has 4 amide bonds. The van der Waals surface area contributed by atoms with Crippen LogP contribution >= 0.6 is 0 Å². The molecule has 3 aromatic carbocycles. The summed E-state index contributed by atoms with van der Waals surface area (Å²) in [6, 6.07) is 23.0. The van der Waals surface area contributed by atoms with Crippen molar-refractivity contribution in [3.05, 3.63) is 90.0 Å². The highest BCUT2D eigenvalue weighted by Gasteiger charge is 2.21. The van der Waals surface area contributed by atoms with Crippen molar-refractivity contribution in [1.29, 1.82) is 0 Å². The van der Waals surface area contributed by atoms with Gasteiger partial charge in [0.1, 0.15) is 24.0 Å².